The third-order valence-electron chi connectivity index (χ3n) is 12.9. The molecule has 1 fully saturated rings. The van der Waals surface area contributed by atoms with E-state index in [1.807, 2.05) is 0 Å². The molecule has 0 radical (unpaired) electrons. The summed E-state index contributed by atoms with van der Waals surface area (Å²) in [6.07, 6.45) is -0.107. The van der Waals surface area contributed by atoms with Crippen LogP contribution in [0.4, 0.5) is 0 Å². The fraction of sp³-hybridized carbons (Fsp3) is 0.850. The summed E-state index contributed by atoms with van der Waals surface area (Å²) in [7, 11) is -5.98. The number of hydrogen-bond donors (Lipinski definition) is 1. The lowest BCUT2D eigenvalue weighted by Gasteiger charge is -2.48. The number of ether oxygens (including phenoxy) is 2. The highest BCUT2D eigenvalue weighted by Gasteiger charge is 2.52. The van der Waals surface area contributed by atoms with Gasteiger partial charge in [0.15, 0.2) is 25.0 Å². The van der Waals surface area contributed by atoms with Crippen LogP contribution in [0, 0.1) is 23.7 Å². The highest BCUT2D eigenvalue weighted by molar-refractivity contribution is 6.74. The summed E-state index contributed by atoms with van der Waals surface area (Å²) >= 11 is 0. The lowest BCUT2D eigenvalue weighted by molar-refractivity contribution is -0.0656. The standard InChI is InChI=1S/C40H78O6Si3/c1-14-47(15-2,16-3)44-37(31(10)29-42-30-35-26-24-23-25-27-35)32(11)38(45-48(17-4,18-5)19-6)33(12)39(34(13)40-36(28-41)43-40)46-49(20-7,21-8)22-9/h23-27,31-34,36-41H,14-22,28-30H2,1-13H3/t31-,32+,33+,34-,36+,37-,38+,39-,40+/m0/s1. The molecule has 1 aromatic rings. The van der Waals surface area contributed by atoms with Gasteiger partial charge in [-0.2, -0.15) is 0 Å². The van der Waals surface area contributed by atoms with Crippen molar-refractivity contribution < 1.29 is 27.9 Å². The normalized spacial score (nSPS) is 21.5. The van der Waals surface area contributed by atoms with Gasteiger partial charge in [0.25, 0.3) is 0 Å². The van der Waals surface area contributed by atoms with Crippen LogP contribution in [0.5, 0.6) is 0 Å². The smallest absolute Gasteiger partial charge is 0.192 e. The van der Waals surface area contributed by atoms with Crippen LogP contribution >= 0.6 is 0 Å². The van der Waals surface area contributed by atoms with E-state index in [1.165, 1.54) is 5.56 Å². The second-order valence-electron chi connectivity index (χ2n) is 15.4. The SMILES string of the molecule is CC[Si](CC)(CC)O[C@@H]([C@@H](C)[C@H](O[Si](CC)(CC)CC)[C@H](C)[C@H]1O[C@@H]1CO)[C@H](C)[C@@H](O[Si](CC)(CC)CC)[C@@H](C)COCc1ccccc1. The maximum atomic E-state index is 10.0. The first kappa shape index (κ1) is 44.8. The highest BCUT2D eigenvalue weighted by atomic mass is 28.4. The van der Waals surface area contributed by atoms with Gasteiger partial charge in [0.2, 0.25) is 0 Å². The number of benzene rings is 1. The Bertz CT molecular complexity index is 994. The molecule has 6 nitrogen and oxygen atoms in total. The molecule has 0 amide bonds. The predicted molar refractivity (Wildman–Crippen MR) is 215 cm³/mol. The van der Waals surface area contributed by atoms with Crippen LogP contribution in [0.3, 0.4) is 0 Å². The summed E-state index contributed by atoms with van der Waals surface area (Å²) < 4.78 is 35.3. The molecular formula is C40H78O6Si3. The van der Waals surface area contributed by atoms with E-state index < -0.39 is 25.0 Å². The third-order valence-corrected chi connectivity index (χ3v) is 26.8. The maximum absolute atomic E-state index is 10.0. The van der Waals surface area contributed by atoms with Crippen molar-refractivity contribution >= 4 is 25.0 Å². The van der Waals surface area contributed by atoms with E-state index in [-0.39, 0.29) is 60.8 Å². The van der Waals surface area contributed by atoms with Crippen LogP contribution in [0.1, 0.15) is 95.6 Å². The van der Waals surface area contributed by atoms with Crippen molar-refractivity contribution in [3.63, 3.8) is 0 Å². The van der Waals surface area contributed by atoms with E-state index >= 15 is 0 Å². The van der Waals surface area contributed by atoms with Crippen LogP contribution in [-0.2, 0) is 29.4 Å². The van der Waals surface area contributed by atoms with Crippen molar-refractivity contribution in [3.8, 4) is 0 Å². The number of aliphatic hydroxyl groups is 1. The van der Waals surface area contributed by atoms with Crippen molar-refractivity contribution in [2.24, 2.45) is 23.7 Å². The summed E-state index contributed by atoms with van der Waals surface area (Å²) in [5, 5.41) is 10.0. The Kier molecular flexibility index (Phi) is 19.5. The molecular weight excluding hydrogens is 661 g/mol. The molecule has 0 spiro atoms. The number of epoxide rings is 1. The van der Waals surface area contributed by atoms with Crippen molar-refractivity contribution in [2.75, 3.05) is 13.2 Å². The van der Waals surface area contributed by atoms with E-state index in [1.54, 1.807) is 0 Å². The molecule has 0 bridgehead atoms. The fourth-order valence-corrected chi connectivity index (χ4v) is 17.4. The Balaban J connectivity index is 2.64. The van der Waals surface area contributed by atoms with Crippen LogP contribution in [0.25, 0.3) is 0 Å². The van der Waals surface area contributed by atoms with Crippen molar-refractivity contribution in [1.82, 2.24) is 0 Å². The van der Waals surface area contributed by atoms with E-state index in [9.17, 15) is 5.11 Å². The zero-order valence-electron chi connectivity index (χ0n) is 34.1. The number of rotatable bonds is 27. The molecule has 0 unspecified atom stereocenters. The summed E-state index contributed by atoms with van der Waals surface area (Å²) in [6.45, 7) is 31.7. The van der Waals surface area contributed by atoms with Gasteiger partial charge >= 0.3 is 0 Å². The summed E-state index contributed by atoms with van der Waals surface area (Å²) in [5.74, 6) is 0.633. The lowest BCUT2D eigenvalue weighted by Crippen LogP contribution is -2.56. The minimum atomic E-state index is -2.03. The minimum Gasteiger partial charge on any atom is -0.413 e. The van der Waals surface area contributed by atoms with Crippen LogP contribution in [-0.4, -0.2) is 73.8 Å². The Morgan fingerprint density at radius 3 is 1.43 bits per heavy atom. The van der Waals surface area contributed by atoms with E-state index in [2.05, 4.69) is 120 Å². The van der Waals surface area contributed by atoms with Gasteiger partial charge in [-0.15, -0.1) is 0 Å². The first-order valence-corrected chi connectivity index (χ1v) is 27.9. The number of aliphatic hydroxyl groups excluding tert-OH is 1. The molecule has 1 aromatic carbocycles. The van der Waals surface area contributed by atoms with E-state index in [4.69, 9.17) is 22.8 Å². The summed E-state index contributed by atoms with van der Waals surface area (Å²) in [5.41, 5.74) is 1.20. The molecule has 2 rings (SSSR count). The maximum Gasteiger partial charge on any atom is 0.192 e. The molecule has 0 aliphatic carbocycles. The van der Waals surface area contributed by atoms with Gasteiger partial charge in [-0.3, -0.25) is 0 Å². The molecule has 1 aliphatic rings. The summed E-state index contributed by atoms with van der Waals surface area (Å²) in [6, 6.07) is 20.4. The predicted octanol–water partition coefficient (Wildman–Crippen LogP) is 10.7. The zero-order valence-corrected chi connectivity index (χ0v) is 37.1. The molecule has 1 heterocycles. The number of hydrogen-bond acceptors (Lipinski definition) is 6. The highest BCUT2D eigenvalue weighted by Crippen LogP contribution is 2.43. The second kappa shape index (κ2) is 21.4. The Labute approximate surface area is 306 Å². The van der Waals surface area contributed by atoms with Crippen molar-refractivity contribution in [1.29, 1.82) is 0 Å². The average molecular weight is 739 g/mol. The largest absolute Gasteiger partial charge is 0.413 e. The first-order chi connectivity index (χ1) is 23.4. The molecule has 286 valence electrons. The second-order valence-corrected chi connectivity index (χ2v) is 29.5. The first-order valence-electron chi connectivity index (χ1n) is 20.3. The molecule has 49 heavy (non-hydrogen) atoms. The van der Waals surface area contributed by atoms with Crippen LogP contribution in [0.15, 0.2) is 30.3 Å². The van der Waals surface area contributed by atoms with Crippen LogP contribution in [0.2, 0.25) is 54.4 Å². The Morgan fingerprint density at radius 2 is 1.02 bits per heavy atom. The van der Waals surface area contributed by atoms with Gasteiger partial charge in [-0.1, -0.05) is 120 Å². The zero-order chi connectivity index (χ0) is 36.8. The van der Waals surface area contributed by atoms with Gasteiger partial charge in [-0.05, 0) is 60.0 Å². The van der Waals surface area contributed by atoms with Gasteiger partial charge in [0.1, 0.15) is 6.10 Å². The Hall–Kier alpha value is -0.369. The quantitative estimate of drug-likeness (QED) is 0.0716. The molecule has 0 saturated carbocycles. The lowest BCUT2D eigenvalue weighted by atomic mass is 9.79. The monoisotopic (exact) mass is 739 g/mol. The molecule has 1 N–H and O–H groups in total. The van der Waals surface area contributed by atoms with Crippen molar-refractivity contribution in [3.05, 3.63) is 35.9 Å². The van der Waals surface area contributed by atoms with Crippen LogP contribution < -0.4 is 0 Å². The van der Waals surface area contributed by atoms with Gasteiger partial charge in [0.05, 0.1) is 44.2 Å². The molecule has 0 aromatic heterocycles. The van der Waals surface area contributed by atoms with E-state index in [0.717, 1.165) is 54.4 Å². The average Bonchev–Trinajstić information content (AvgIpc) is 3.94. The Morgan fingerprint density at radius 1 is 0.612 bits per heavy atom. The molecule has 1 aliphatic heterocycles. The molecule has 1 saturated heterocycles. The van der Waals surface area contributed by atoms with Gasteiger partial charge in [0, 0.05) is 23.7 Å². The minimum absolute atomic E-state index is 0.0101. The fourth-order valence-electron chi connectivity index (χ4n) is 8.35. The van der Waals surface area contributed by atoms with Crippen molar-refractivity contribution in [2.45, 2.75) is 182 Å². The van der Waals surface area contributed by atoms with Gasteiger partial charge in [-0.25, -0.2) is 0 Å². The molecule has 9 heteroatoms. The summed E-state index contributed by atoms with van der Waals surface area (Å²) in [4.78, 5) is 0. The topological polar surface area (TPSA) is 69.7 Å². The van der Waals surface area contributed by atoms with Gasteiger partial charge < -0.3 is 27.9 Å². The third kappa shape index (κ3) is 11.8. The van der Waals surface area contributed by atoms with E-state index in [0.29, 0.717) is 13.2 Å². The molecule has 9 atom stereocenters.